The summed E-state index contributed by atoms with van der Waals surface area (Å²) in [5, 5.41) is 9.00. The first-order valence-corrected chi connectivity index (χ1v) is 4.69. The third kappa shape index (κ3) is 3.11. The molecule has 1 unspecified atom stereocenters. The van der Waals surface area contributed by atoms with Gasteiger partial charge in [-0.05, 0) is 19.1 Å². The van der Waals surface area contributed by atoms with Gasteiger partial charge >= 0.3 is 0 Å². The summed E-state index contributed by atoms with van der Waals surface area (Å²) in [5.74, 6) is 1.21. The lowest BCUT2D eigenvalue weighted by Gasteiger charge is -2.02. The van der Waals surface area contributed by atoms with Gasteiger partial charge in [0.05, 0.1) is 6.10 Å². The molecule has 0 aromatic carbocycles. The Labute approximate surface area is 76.0 Å². The van der Waals surface area contributed by atoms with E-state index in [2.05, 4.69) is 4.98 Å². The van der Waals surface area contributed by atoms with Gasteiger partial charge in [-0.3, -0.25) is 0 Å². The number of hydrogen-bond donors (Lipinski definition) is 2. The molecule has 0 fully saturated rings. The molecule has 1 atom stereocenters. The lowest BCUT2D eigenvalue weighted by Crippen LogP contribution is -2.02. The number of anilines is 1. The summed E-state index contributed by atoms with van der Waals surface area (Å²) in [6, 6.07) is 3.65. The molecule has 1 aromatic heterocycles. The molecule has 3 N–H and O–H groups in total. The van der Waals surface area contributed by atoms with Crippen LogP contribution in [0.1, 0.15) is 6.92 Å². The Balaban J connectivity index is 2.48. The molecule has 0 saturated carbocycles. The highest BCUT2D eigenvalue weighted by Gasteiger charge is 1.98. The van der Waals surface area contributed by atoms with Gasteiger partial charge < -0.3 is 10.8 Å². The molecule has 1 rings (SSSR count). The van der Waals surface area contributed by atoms with Crippen molar-refractivity contribution in [2.75, 3.05) is 11.5 Å². The Kier molecular flexibility index (Phi) is 3.37. The summed E-state index contributed by atoms with van der Waals surface area (Å²) >= 11 is 1.57. The molecule has 4 heteroatoms. The Bertz CT molecular complexity index is 235. The topological polar surface area (TPSA) is 59.1 Å². The average Bonchev–Trinajstić information content (AvgIpc) is 2.03. The zero-order chi connectivity index (χ0) is 8.97. The molecule has 0 aliphatic rings. The van der Waals surface area contributed by atoms with Crippen molar-refractivity contribution in [1.82, 2.24) is 4.98 Å². The fourth-order valence-electron chi connectivity index (χ4n) is 0.694. The number of hydrogen-bond acceptors (Lipinski definition) is 4. The van der Waals surface area contributed by atoms with Gasteiger partial charge in [0.2, 0.25) is 0 Å². The first-order chi connectivity index (χ1) is 5.68. The van der Waals surface area contributed by atoms with Crippen molar-refractivity contribution in [1.29, 1.82) is 0 Å². The van der Waals surface area contributed by atoms with Gasteiger partial charge in [0.1, 0.15) is 5.82 Å². The van der Waals surface area contributed by atoms with Gasteiger partial charge in [-0.15, -0.1) is 11.8 Å². The molecular weight excluding hydrogens is 172 g/mol. The van der Waals surface area contributed by atoms with Crippen molar-refractivity contribution in [3.05, 3.63) is 18.3 Å². The number of aromatic nitrogens is 1. The minimum atomic E-state index is -0.285. The SMILES string of the molecule is CC(O)CSc1ccc(N)nc1. The maximum Gasteiger partial charge on any atom is 0.123 e. The predicted molar refractivity (Wildman–Crippen MR) is 51.1 cm³/mol. The fourth-order valence-corrected chi connectivity index (χ4v) is 1.42. The molecule has 12 heavy (non-hydrogen) atoms. The van der Waals surface area contributed by atoms with Gasteiger partial charge in [0, 0.05) is 16.8 Å². The van der Waals surface area contributed by atoms with E-state index < -0.39 is 0 Å². The van der Waals surface area contributed by atoms with Crippen LogP contribution in [-0.2, 0) is 0 Å². The first-order valence-electron chi connectivity index (χ1n) is 3.71. The molecule has 0 aliphatic carbocycles. The van der Waals surface area contributed by atoms with E-state index in [0.29, 0.717) is 11.6 Å². The predicted octanol–water partition coefficient (Wildman–Crippen LogP) is 1.14. The van der Waals surface area contributed by atoms with Gasteiger partial charge in [-0.1, -0.05) is 0 Å². The van der Waals surface area contributed by atoms with E-state index in [9.17, 15) is 0 Å². The molecule has 66 valence electrons. The number of nitrogen functional groups attached to an aromatic ring is 1. The number of nitrogens with zero attached hydrogens (tertiary/aromatic N) is 1. The quantitative estimate of drug-likeness (QED) is 0.691. The van der Waals surface area contributed by atoms with Gasteiger partial charge in [-0.2, -0.15) is 0 Å². The van der Waals surface area contributed by atoms with Crippen molar-refractivity contribution in [2.45, 2.75) is 17.9 Å². The van der Waals surface area contributed by atoms with Crippen LogP contribution in [0, 0.1) is 0 Å². The van der Waals surface area contributed by atoms with Crippen molar-refractivity contribution in [3.8, 4) is 0 Å². The van der Waals surface area contributed by atoms with Crippen LogP contribution in [0.2, 0.25) is 0 Å². The summed E-state index contributed by atoms with van der Waals surface area (Å²) in [5.41, 5.74) is 5.41. The highest BCUT2D eigenvalue weighted by atomic mass is 32.2. The van der Waals surface area contributed by atoms with E-state index in [4.69, 9.17) is 10.8 Å². The van der Waals surface area contributed by atoms with E-state index in [1.165, 1.54) is 0 Å². The van der Waals surface area contributed by atoms with Gasteiger partial charge in [0.25, 0.3) is 0 Å². The monoisotopic (exact) mass is 184 g/mol. The molecule has 0 saturated heterocycles. The molecule has 3 nitrogen and oxygen atoms in total. The summed E-state index contributed by atoms with van der Waals surface area (Å²) < 4.78 is 0. The number of aliphatic hydroxyl groups excluding tert-OH is 1. The molecule has 0 radical (unpaired) electrons. The zero-order valence-electron chi connectivity index (χ0n) is 6.90. The normalized spacial score (nSPS) is 12.8. The molecular formula is C8H12N2OS. The lowest BCUT2D eigenvalue weighted by molar-refractivity contribution is 0.220. The minimum absolute atomic E-state index is 0.285. The van der Waals surface area contributed by atoms with Crippen LogP contribution < -0.4 is 5.73 Å². The van der Waals surface area contributed by atoms with Gasteiger partial charge in [-0.25, -0.2) is 4.98 Å². The van der Waals surface area contributed by atoms with Crippen LogP contribution in [0.4, 0.5) is 5.82 Å². The lowest BCUT2D eigenvalue weighted by atomic mass is 10.5. The second-order valence-electron chi connectivity index (χ2n) is 2.58. The van der Waals surface area contributed by atoms with E-state index >= 15 is 0 Å². The van der Waals surface area contributed by atoms with Crippen LogP contribution in [0.5, 0.6) is 0 Å². The van der Waals surface area contributed by atoms with Crippen molar-refractivity contribution < 1.29 is 5.11 Å². The molecule has 1 aromatic rings. The highest BCUT2D eigenvalue weighted by Crippen LogP contribution is 2.17. The van der Waals surface area contributed by atoms with Gasteiger partial charge in [0.15, 0.2) is 0 Å². The van der Waals surface area contributed by atoms with Crippen molar-refractivity contribution in [3.63, 3.8) is 0 Å². The Morgan fingerprint density at radius 3 is 2.92 bits per heavy atom. The van der Waals surface area contributed by atoms with Crippen LogP contribution in [0.25, 0.3) is 0 Å². The summed E-state index contributed by atoms with van der Waals surface area (Å²) in [6.07, 6.45) is 1.43. The maximum absolute atomic E-state index is 9.00. The van der Waals surface area contributed by atoms with E-state index in [1.807, 2.05) is 6.07 Å². The second kappa shape index (κ2) is 4.33. The number of rotatable bonds is 3. The van der Waals surface area contributed by atoms with E-state index in [-0.39, 0.29) is 6.10 Å². The number of aliphatic hydroxyl groups is 1. The zero-order valence-corrected chi connectivity index (χ0v) is 7.71. The molecule has 0 amide bonds. The number of nitrogens with two attached hydrogens (primary N) is 1. The van der Waals surface area contributed by atoms with E-state index in [1.54, 1.807) is 30.9 Å². The van der Waals surface area contributed by atoms with Crippen LogP contribution >= 0.6 is 11.8 Å². The largest absolute Gasteiger partial charge is 0.393 e. The Morgan fingerprint density at radius 2 is 2.42 bits per heavy atom. The van der Waals surface area contributed by atoms with Crippen molar-refractivity contribution in [2.24, 2.45) is 0 Å². The second-order valence-corrected chi connectivity index (χ2v) is 3.67. The summed E-state index contributed by atoms with van der Waals surface area (Å²) in [7, 11) is 0. The molecule has 0 aliphatic heterocycles. The summed E-state index contributed by atoms with van der Waals surface area (Å²) in [6.45, 7) is 1.76. The molecule has 0 bridgehead atoms. The van der Waals surface area contributed by atoms with Crippen LogP contribution in [0.3, 0.4) is 0 Å². The third-order valence-corrected chi connectivity index (χ3v) is 2.47. The van der Waals surface area contributed by atoms with Crippen LogP contribution in [0.15, 0.2) is 23.2 Å². The van der Waals surface area contributed by atoms with Crippen molar-refractivity contribution >= 4 is 17.6 Å². The maximum atomic E-state index is 9.00. The van der Waals surface area contributed by atoms with E-state index in [0.717, 1.165) is 4.90 Å². The standard InChI is InChI=1S/C8H12N2OS/c1-6(11)5-12-7-2-3-8(9)10-4-7/h2-4,6,11H,5H2,1H3,(H2,9,10). The van der Waals surface area contributed by atoms with Crippen LogP contribution in [-0.4, -0.2) is 21.9 Å². The fraction of sp³-hybridized carbons (Fsp3) is 0.375. The first kappa shape index (κ1) is 9.35. The summed E-state index contributed by atoms with van der Waals surface area (Å²) in [4.78, 5) is 4.96. The minimum Gasteiger partial charge on any atom is -0.393 e. The number of pyridine rings is 1. The Morgan fingerprint density at radius 1 is 1.67 bits per heavy atom. The molecule has 0 spiro atoms. The molecule has 1 heterocycles. The smallest absolute Gasteiger partial charge is 0.123 e. The average molecular weight is 184 g/mol. The third-order valence-electron chi connectivity index (χ3n) is 1.25. The Hall–Kier alpha value is -0.740. The highest BCUT2D eigenvalue weighted by molar-refractivity contribution is 7.99. The number of thioether (sulfide) groups is 1.